The summed E-state index contributed by atoms with van der Waals surface area (Å²) in [6.45, 7) is 8.06. The number of aliphatic hydroxyl groups excluding tert-OH is 3. The predicted octanol–water partition coefficient (Wildman–Crippen LogP) is -0.359. The maximum Gasteiger partial charge on any atom is 0.348 e. The van der Waals surface area contributed by atoms with Crippen molar-refractivity contribution >= 4 is 11.9 Å². The molecule has 5 rings (SSSR count). The number of rotatable bonds is 3. The predicted molar refractivity (Wildman–Crippen MR) is 118 cm³/mol. The van der Waals surface area contributed by atoms with E-state index in [1.807, 2.05) is 6.92 Å². The van der Waals surface area contributed by atoms with Gasteiger partial charge in [0.05, 0.1) is 18.8 Å². The lowest BCUT2D eigenvalue weighted by Crippen LogP contribution is -2.78. The zero-order valence-electron chi connectivity index (χ0n) is 20.7. The van der Waals surface area contributed by atoms with Gasteiger partial charge in [-0.3, -0.25) is 0 Å². The first-order valence-electron chi connectivity index (χ1n) is 12.4. The van der Waals surface area contributed by atoms with Crippen LogP contribution in [0.15, 0.2) is 11.6 Å². The van der Waals surface area contributed by atoms with Crippen molar-refractivity contribution in [3.8, 4) is 0 Å². The van der Waals surface area contributed by atoms with Gasteiger partial charge in [-0.2, -0.15) is 0 Å². The Bertz CT molecular complexity index is 977. The van der Waals surface area contributed by atoms with Crippen molar-refractivity contribution in [2.24, 2.45) is 34.5 Å². The molecule has 0 aromatic rings. The number of hydrogen-bond acceptors (Lipinski definition) is 10. The van der Waals surface area contributed by atoms with E-state index in [0.717, 1.165) is 5.57 Å². The van der Waals surface area contributed by atoms with E-state index in [1.54, 1.807) is 26.8 Å². The summed E-state index contributed by atoms with van der Waals surface area (Å²) in [5.41, 5.74) is -3.29. The van der Waals surface area contributed by atoms with E-state index >= 15 is 0 Å². The third-order valence-corrected chi connectivity index (χ3v) is 10.2. The molecule has 35 heavy (non-hydrogen) atoms. The molecule has 10 heteroatoms. The van der Waals surface area contributed by atoms with Crippen LogP contribution >= 0.6 is 0 Å². The Morgan fingerprint density at radius 3 is 2.57 bits per heavy atom. The Kier molecular flexibility index (Phi) is 5.37. The van der Waals surface area contributed by atoms with Crippen LogP contribution in [0.5, 0.6) is 0 Å². The summed E-state index contributed by atoms with van der Waals surface area (Å²) < 4.78 is 17.4. The molecule has 5 aliphatic rings. The first-order valence-corrected chi connectivity index (χ1v) is 12.4. The van der Waals surface area contributed by atoms with Crippen LogP contribution in [0.4, 0.5) is 0 Å². The van der Waals surface area contributed by atoms with Gasteiger partial charge in [0.2, 0.25) is 6.10 Å². The van der Waals surface area contributed by atoms with Crippen LogP contribution < -0.4 is 0 Å². The highest BCUT2D eigenvalue weighted by Crippen LogP contribution is 2.74. The molecule has 2 saturated carbocycles. The van der Waals surface area contributed by atoms with Gasteiger partial charge in [0.15, 0.2) is 11.4 Å². The van der Waals surface area contributed by atoms with Crippen LogP contribution in [0.25, 0.3) is 0 Å². The van der Waals surface area contributed by atoms with Crippen LogP contribution in [-0.4, -0.2) is 86.0 Å². The molecule has 5 N–H and O–H groups in total. The molecular formula is C25H36O10. The van der Waals surface area contributed by atoms with Gasteiger partial charge in [-0.05, 0) is 38.5 Å². The van der Waals surface area contributed by atoms with Gasteiger partial charge in [0, 0.05) is 22.7 Å². The summed E-state index contributed by atoms with van der Waals surface area (Å²) >= 11 is 0. The highest BCUT2D eigenvalue weighted by Gasteiger charge is 2.83. The third-order valence-electron chi connectivity index (χ3n) is 10.2. The standard InChI is InChI=1S/C25H36O10/c1-6-22(4,31)21(30)35-16-15-11(3)17(27)25(32)20-23(5)12(10(2)7-13(26)18(23)28)8-14(34-19(16)29)24(15,20)9-33-25/h7,11-18,20,26-28,31-32H,6,8-9H2,1-5H3/t11-,12+,13+,14-,15-,16-,17-,18-,20-,22+,23-,24+,25+/m1/s1. The second kappa shape index (κ2) is 7.49. The molecule has 0 radical (unpaired) electrons. The number of fused-ring (bicyclic) bond motifs is 1. The Labute approximate surface area is 203 Å². The van der Waals surface area contributed by atoms with Crippen molar-refractivity contribution in [3.63, 3.8) is 0 Å². The van der Waals surface area contributed by atoms with Crippen LogP contribution in [0.3, 0.4) is 0 Å². The average Bonchev–Trinajstić information content (AvgIpc) is 3.08. The number of ether oxygens (including phenoxy) is 3. The molecule has 10 nitrogen and oxygen atoms in total. The average molecular weight is 497 g/mol. The minimum Gasteiger partial charge on any atom is -0.459 e. The molecule has 4 fully saturated rings. The zero-order valence-corrected chi connectivity index (χ0v) is 20.7. The quantitative estimate of drug-likeness (QED) is 0.258. The maximum absolute atomic E-state index is 13.3. The van der Waals surface area contributed by atoms with E-state index in [1.165, 1.54) is 6.92 Å². The molecule has 2 heterocycles. The van der Waals surface area contributed by atoms with Crippen molar-refractivity contribution in [2.75, 3.05) is 6.61 Å². The molecular weight excluding hydrogens is 460 g/mol. The van der Waals surface area contributed by atoms with Crippen LogP contribution in [-0.2, 0) is 23.8 Å². The second-order valence-corrected chi connectivity index (χ2v) is 11.8. The normalized spacial score (nSPS) is 54.1. The fraction of sp³-hybridized carbons (Fsp3) is 0.840. The number of carbonyl (C=O) groups excluding carboxylic acids is 2. The van der Waals surface area contributed by atoms with E-state index in [-0.39, 0.29) is 18.9 Å². The third kappa shape index (κ3) is 2.86. The fourth-order valence-electron chi connectivity index (χ4n) is 8.28. The SMILES string of the molecule is CC[C@](C)(O)C(=O)O[C@H]1C(=O)O[C@@H]2C[C@H]3C(C)=C[C@H](O)[C@@H](O)[C@]3(C)[C@H]3[C@@]4(O)OC[C@]32[C@@H]1[C@@H](C)[C@H]4O. The van der Waals surface area contributed by atoms with Crippen molar-refractivity contribution in [2.45, 2.75) is 89.4 Å². The van der Waals surface area contributed by atoms with Gasteiger partial charge in [-0.25, -0.2) is 9.59 Å². The van der Waals surface area contributed by atoms with E-state index < -0.39 is 82.4 Å². The molecule has 3 aliphatic carbocycles. The number of carbonyl (C=O) groups is 2. The highest BCUT2D eigenvalue weighted by molar-refractivity contribution is 5.84. The highest BCUT2D eigenvalue weighted by atomic mass is 16.7. The summed E-state index contributed by atoms with van der Waals surface area (Å²) in [4.78, 5) is 26.1. The Morgan fingerprint density at radius 1 is 1.29 bits per heavy atom. The molecule has 0 amide bonds. The van der Waals surface area contributed by atoms with Crippen LogP contribution in [0.1, 0.15) is 47.5 Å². The topological polar surface area (TPSA) is 163 Å². The zero-order chi connectivity index (χ0) is 25.9. The summed E-state index contributed by atoms with van der Waals surface area (Å²) in [6, 6.07) is 0. The molecule has 2 aliphatic heterocycles. The lowest BCUT2D eigenvalue weighted by molar-refractivity contribution is -0.345. The summed E-state index contributed by atoms with van der Waals surface area (Å²) in [6.07, 6.45) is -4.18. The molecule has 0 unspecified atom stereocenters. The second-order valence-electron chi connectivity index (χ2n) is 11.8. The Morgan fingerprint density at radius 2 is 1.94 bits per heavy atom. The number of aliphatic hydroxyl groups is 5. The summed E-state index contributed by atoms with van der Waals surface area (Å²) in [7, 11) is 0. The summed E-state index contributed by atoms with van der Waals surface area (Å²) in [5.74, 6) is -6.72. The van der Waals surface area contributed by atoms with Gasteiger partial charge < -0.3 is 39.7 Å². The van der Waals surface area contributed by atoms with E-state index in [0.29, 0.717) is 6.42 Å². The van der Waals surface area contributed by atoms with Crippen molar-refractivity contribution in [3.05, 3.63) is 11.6 Å². The lowest BCUT2D eigenvalue weighted by Gasteiger charge is -2.68. The minimum absolute atomic E-state index is 0.0607. The first-order chi connectivity index (χ1) is 16.2. The van der Waals surface area contributed by atoms with Crippen LogP contribution in [0.2, 0.25) is 0 Å². The monoisotopic (exact) mass is 496 g/mol. The van der Waals surface area contributed by atoms with Crippen molar-refractivity contribution in [1.29, 1.82) is 0 Å². The Hall–Kier alpha value is -1.56. The van der Waals surface area contributed by atoms with Crippen molar-refractivity contribution < 1.29 is 49.3 Å². The molecule has 13 atom stereocenters. The van der Waals surface area contributed by atoms with Gasteiger partial charge in [-0.15, -0.1) is 0 Å². The van der Waals surface area contributed by atoms with E-state index in [2.05, 4.69) is 0 Å². The number of hydrogen-bond donors (Lipinski definition) is 5. The largest absolute Gasteiger partial charge is 0.459 e. The molecule has 0 aromatic carbocycles. The molecule has 2 bridgehead atoms. The summed E-state index contributed by atoms with van der Waals surface area (Å²) in [5, 5.41) is 55.6. The molecule has 1 spiro atoms. The molecule has 2 saturated heterocycles. The number of allylic oxidation sites excluding steroid dienone is 1. The molecule has 0 aromatic heterocycles. The van der Waals surface area contributed by atoms with Gasteiger partial charge in [0.25, 0.3) is 0 Å². The smallest absolute Gasteiger partial charge is 0.348 e. The molecule has 196 valence electrons. The Balaban J connectivity index is 1.68. The number of esters is 2. The first kappa shape index (κ1) is 25.1. The fourth-order valence-corrected chi connectivity index (χ4v) is 8.28. The van der Waals surface area contributed by atoms with Gasteiger partial charge in [-0.1, -0.05) is 32.4 Å². The lowest BCUT2D eigenvalue weighted by atomic mass is 9.38. The van der Waals surface area contributed by atoms with E-state index in [4.69, 9.17) is 14.2 Å². The van der Waals surface area contributed by atoms with E-state index in [9.17, 15) is 35.1 Å². The van der Waals surface area contributed by atoms with Gasteiger partial charge >= 0.3 is 11.9 Å². The van der Waals surface area contributed by atoms with Crippen LogP contribution in [0, 0.1) is 34.5 Å². The van der Waals surface area contributed by atoms with Crippen molar-refractivity contribution in [1.82, 2.24) is 0 Å². The van der Waals surface area contributed by atoms with Gasteiger partial charge in [0.1, 0.15) is 12.2 Å². The maximum atomic E-state index is 13.3. The minimum atomic E-state index is -2.08.